The van der Waals surface area contributed by atoms with Gasteiger partial charge in [-0.15, -0.1) is 11.3 Å². The van der Waals surface area contributed by atoms with E-state index in [0.29, 0.717) is 16.8 Å². The summed E-state index contributed by atoms with van der Waals surface area (Å²) in [6.45, 7) is 8.25. The van der Waals surface area contributed by atoms with E-state index in [1.165, 1.54) is 5.56 Å². The SMILES string of the molecule is C/C(=N\NC(=O)c1ccc(NC(=O)c2ccc(C(C)(C)C)cc2)cc1)c1cccs1. The molecule has 154 valence electrons. The lowest BCUT2D eigenvalue weighted by atomic mass is 9.87. The fourth-order valence-corrected chi connectivity index (χ4v) is 3.45. The van der Waals surface area contributed by atoms with Crippen molar-refractivity contribution < 1.29 is 9.59 Å². The van der Waals surface area contributed by atoms with Crippen LogP contribution >= 0.6 is 11.3 Å². The Hall–Kier alpha value is -3.25. The summed E-state index contributed by atoms with van der Waals surface area (Å²) in [5.74, 6) is -0.495. The Balaban J connectivity index is 1.60. The predicted octanol–water partition coefficient (Wildman–Crippen LogP) is 5.45. The van der Waals surface area contributed by atoms with Gasteiger partial charge in [0, 0.05) is 21.7 Å². The van der Waals surface area contributed by atoms with Crippen molar-refractivity contribution in [3.8, 4) is 0 Å². The third-order valence-corrected chi connectivity index (χ3v) is 5.60. The fraction of sp³-hybridized carbons (Fsp3) is 0.208. The van der Waals surface area contributed by atoms with Crippen LogP contribution < -0.4 is 10.7 Å². The number of amides is 2. The zero-order valence-corrected chi connectivity index (χ0v) is 18.3. The number of hydrazone groups is 1. The molecule has 0 saturated heterocycles. The summed E-state index contributed by atoms with van der Waals surface area (Å²) in [7, 11) is 0. The molecule has 0 atom stereocenters. The number of carbonyl (C=O) groups excluding carboxylic acids is 2. The van der Waals surface area contributed by atoms with Crippen LogP contribution in [0, 0.1) is 0 Å². The Morgan fingerprint density at radius 1 is 0.867 bits per heavy atom. The molecule has 3 aromatic rings. The van der Waals surface area contributed by atoms with Crippen LogP contribution in [0.5, 0.6) is 0 Å². The van der Waals surface area contributed by atoms with E-state index in [1.807, 2.05) is 48.7 Å². The molecule has 0 aliphatic carbocycles. The fourth-order valence-electron chi connectivity index (χ4n) is 2.77. The second kappa shape index (κ2) is 9.05. The van der Waals surface area contributed by atoms with Gasteiger partial charge in [0.1, 0.15) is 0 Å². The van der Waals surface area contributed by atoms with Crippen LogP contribution in [0.3, 0.4) is 0 Å². The summed E-state index contributed by atoms with van der Waals surface area (Å²) < 4.78 is 0. The van der Waals surface area contributed by atoms with Crippen LogP contribution in [0.4, 0.5) is 5.69 Å². The third kappa shape index (κ3) is 5.42. The molecular formula is C24H25N3O2S. The van der Waals surface area contributed by atoms with Gasteiger partial charge < -0.3 is 5.32 Å². The Morgan fingerprint density at radius 3 is 2.03 bits per heavy atom. The van der Waals surface area contributed by atoms with Crippen LogP contribution in [-0.2, 0) is 5.41 Å². The molecule has 3 rings (SSSR count). The number of hydrogen-bond donors (Lipinski definition) is 2. The maximum absolute atomic E-state index is 12.5. The second-order valence-electron chi connectivity index (χ2n) is 7.97. The van der Waals surface area contributed by atoms with E-state index in [-0.39, 0.29) is 17.2 Å². The summed E-state index contributed by atoms with van der Waals surface area (Å²) in [6.07, 6.45) is 0. The molecule has 2 N–H and O–H groups in total. The largest absolute Gasteiger partial charge is 0.322 e. The number of anilines is 1. The van der Waals surface area contributed by atoms with Gasteiger partial charge in [-0.25, -0.2) is 5.43 Å². The zero-order chi connectivity index (χ0) is 21.7. The van der Waals surface area contributed by atoms with Gasteiger partial charge in [-0.1, -0.05) is 39.0 Å². The lowest BCUT2D eigenvalue weighted by Crippen LogP contribution is -2.19. The summed E-state index contributed by atoms with van der Waals surface area (Å²) in [4.78, 5) is 25.8. The first kappa shape index (κ1) is 21.5. The summed E-state index contributed by atoms with van der Waals surface area (Å²) >= 11 is 1.56. The van der Waals surface area contributed by atoms with Crippen molar-refractivity contribution in [1.82, 2.24) is 5.43 Å². The average molecular weight is 420 g/mol. The lowest BCUT2D eigenvalue weighted by molar-refractivity contribution is 0.0954. The van der Waals surface area contributed by atoms with Crippen LogP contribution in [0.1, 0.15) is 58.9 Å². The zero-order valence-electron chi connectivity index (χ0n) is 17.5. The van der Waals surface area contributed by atoms with Gasteiger partial charge >= 0.3 is 0 Å². The topological polar surface area (TPSA) is 70.6 Å². The lowest BCUT2D eigenvalue weighted by Gasteiger charge is -2.19. The molecule has 0 aliphatic rings. The molecular weight excluding hydrogens is 394 g/mol. The number of carbonyl (C=O) groups is 2. The van der Waals surface area contributed by atoms with Gasteiger partial charge in [-0.3, -0.25) is 9.59 Å². The molecule has 2 amide bonds. The number of hydrogen-bond acceptors (Lipinski definition) is 4. The molecule has 30 heavy (non-hydrogen) atoms. The Kier molecular flexibility index (Phi) is 6.47. The molecule has 0 spiro atoms. The number of nitrogens with one attached hydrogen (secondary N) is 2. The molecule has 0 aliphatic heterocycles. The smallest absolute Gasteiger partial charge is 0.271 e. The molecule has 6 heteroatoms. The van der Waals surface area contributed by atoms with Crippen molar-refractivity contribution in [3.63, 3.8) is 0 Å². The number of thiophene rings is 1. The van der Waals surface area contributed by atoms with E-state index in [4.69, 9.17) is 0 Å². The van der Waals surface area contributed by atoms with Crippen LogP contribution in [0.15, 0.2) is 71.1 Å². The minimum absolute atomic E-state index is 0.0395. The number of benzene rings is 2. The normalized spacial score (nSPS) is 11.8. The molecule has 5 nitrogen and oxygen atoms in total. The molecule has 1 heterocycles. The quantitative estimate of drug-likeness (QED) is 0.426. The molecule has 0 saturated carbocycles. The van der Waals surface area contributed by atoms with Gasteiger partial charge in [-0.05, 0) is 65.7 Å². The molecule has 2 aromatic carbocycles. The van der Waals surface area contributed by atoms with Gasteiger partial charge in [-0.2, -0.15) is 5.10 Å². The van der Waals surface area contributed by atoms with E-state index >= 15 is 0 Å². The minimum atomic E-state index is -0.304. The van der Waals surface area contributed by atoms with Gasteiger partial charge in [0.25, 0.3) is 11.8 Å². The third-order valence-electron chi connectivity index (χ3n) is 4.62. The molecule has 0 bridgehead atoms. The highest BCUT2D eigenvalue weighted by Crippen LogP contribution is 2.22. The molecule has 0 radical (unpaired) electrons. The summed E-state index contributed by atoms with van der Waals surface area (Å²) in [5.41, 5.74) is 6.19. The maximum atomic E-state index is 12.5. The van der Waals surface area contributed by atoms with Gasteiger partial charge in [0.05, 0.1) is 5.71 Å². The summed E-state index contributed by atoms with van der Waals surface area (Å²) in [5, 5.41) is 8.95. The average Bonchev–Trinajstić information content (AvgIpc) is 3.27. The van der Waals surface area contributed by atoms with Crippen molar-refractivity contribution in [1.29, 1.82) is 0 Å². The number of rotatable bonds is 5. The van der Waals surface area contributed by atoms with E-state index in [0.717, 1.165) is 10.6 Å². The van der Waals surface area contributed by atoms with Gasteiger partial charge in [0.2, 0.25) is 0 Å². The van der Waals surface area contributed by atoms with Crippen molar-refractivity contribution in [2.24, 2.45) is 5.10 Å². The van der Waals surface area contributed by atoms with E-state index in [2.05, 4.69) is 36.6 Å². The number of nitrogens with zero attached hydrogens (tertiary/aromatic N) is 1. The second-order valence-corrected chi connectivity index (χ2v) is 8.92. The highest BCUT2D eigenvalue weighted by atomic mass is 32.1. The van der Waals surface area contributed by atoms with E-state index in [1.54, 1.807) is 35.6 Å². The van der Waals surface area contributed by atoms with Crippen molar-refractivity contribution in [2.75, 3.05) is 5.32 Å². The van der Waals surface area contributed by atoms with Crippen LogP contribution in [0.25, 0.3) is 0 Å². The standard InChI is InChI=1S/C24H25N3O2S/c1-16(21-6-5-15-30-21)26-27-23(29)18-9-13-20(14-10-18)25-22(28)17-7-11-19(12-8-17)24(2,3)4/h5-15H,1-4H3,(H,25,28)(H,27,29)/b26-16+. The van der Waals surface area contributed by atoms with Crippen LogP contribution in [0.2, 0.25) is 0 Å². The van der Waals surface area contributed by atoms with E-state index < -0.39 is 0 Å². The molecule has 1 aromatic heterocycles. The predicted molar refractivity (Wildman–Crippen MR) is 124 cm³/mol. The first-order chi connectivity index (χ1) is 14.2. The Bertz CT molecular complexity index is 1050. The van der Waals surface area contributed by atoms with E-state index in [9.17, 15) is 9.59 Å². The molecule has 0 fully saturated rings. The van der Waals surface area contributed by atoms with Crippen molar-refractivity contribution in [3.05, 3.63) is 87.6 Å². The Morgan fingerprint density at radius 2 is 1.47 bits per heavy atom. The van der Waals surface area contributed by atoms with Crippen molar-refractivity contribution in [2.45, 2.75) is 33.1 Å². The highest BCUT2D eigenvalue weighted by Gasteiger charge is 2.14. The monoisotopic (exact) mass is 419 g/mol. The van der Waals surface area contributed by atoms with Crippen molar-refractivity contribution >= 4 is 34.6 Å². The summed E-state index contributed by atoms with van der Waals surface area (Å²) in [6, 6.07) is 18.2. The molecule has 0 unspecified atom stereocenters. The highest BCUT2D eigenvalue weighted by molar-refractivity contribution is 7.12. The minimum Gasteiger partial charge on any atom is -0.322 e. The maximum Gasteiger partial charge on any atom is 0.271 e. The van der Waals surface area contributed by atoms with Gasteiger partial charge in [0.15, 0.2) is 0 Å². The first-order valence-corrected chi connectivity index (χ1v) is 10.5. The van der Waals surface area contributed by atoms with Crippen LogP contribution in [-0.4, -0.2) is 17.5 Å². The Labute approximate surface area is 180 Å². The first-order valence-electron chi connectivity index (χ1n) is 9.64.